The molecule has 1 aliphatic heterocycles. The Hall–Kier alpha value is -2.12. The molecule has 0 radical (unpaired) electrons. The van der Waals surface area contributed by atoms with Gasteiger partial charge in [-0.3, -0.25) is 4.79 Å². The van der Waals surface area contributed by atoms with E-state index in [0.29, 0.717) is 31.2 Å². The topological polar surface area (TPSA) is 97.3 Å². The molecule has 0 aliphatic carbocycles. The monoisotopic (exact) mass is 309 g/mol. The van der Waals surface area contributed by atoms with Gasteiger partial charge in [0, 0.05) is 13.0 Å². The van der Waals surface area contributed by atoms with Gasteiger partial charge in [0.2, 0.25) is 11.8 Å². The van der Waals surface area contributed by atoms with Gasteiger partial charge in [0.25, 0.3) is 0 Å². The summed E-state index contributed by atoms with van der Waals surface area (Å²) in [4.78, 5) is 17.9. The van der Waals surface area contributed by atoms with Crippen molar-refractivity contribution in [1.82, 2.24) is 10.1 Å². The Bertz CT molecular complexity index is 631. The second-order valence-corrected chi connectivity index (χ2v) is 4.55. The lowest BCUT2D eigenvalue weighted by molar-refractivity contribution is -0.115. The standard InChI is InChI=1S/C13H15N5O2.ClH/c14-7-13-16-11(17-20-13)8-18-6-5-12(19)15-9-3-1-2-4-10(9)18;/h1-4H,5-8,14H2,(H,15,19);1H. The summed E-state index contributed by atoms with van der Waals surface area (Å²) >= 11 is 0. The lowest BCUT2D eigenvalue weighted by atomic mass is 10.2. The number of fused-ring (bicyclic) bond motifs is 1. The summed E-state index contributed by atoms with van der Waals surface area (Å²) in [6, 6.07) is 7.67. The molecule has 0 bridgehead atoms. The van der Waals surface area contributed by atoms with E-state index in [9.17, 15) is 4.79 Å². The van der Waals surface area contributed by atoms with Crippen molar-refractivity contribution in [2.75, 3.05) is 16.8 Å². The van der Waals surface area contributed by atoms with E-state index in [1.807, 2.05) is 24.3 Å². The number of anilines is 2. The van der Waals surface area contributed by atoms with Crippen molar-refractivity contribution in [1.29, 1.82) is 0 Å². The number of hydrogen-bond donors (Lipinski definition) is 2. The fourth-order valence-electron chi connectivity index (χ4n) is 2.20. The maximum atomic E-state index is 11.7. The minimum Gasteiger partial charge on any atom is -0.362 e. The molecule has 0 saturated carbocycles. The molecule has 1 aromatic heterocycles. The second-order valence-electron chi connectivity index (χ2n) is 4.55. The van der Waals surface area contributed by atoms with Gasteiger partial charge in [0.1, 0.15) is 0 Å². The fourth-order valence-corrected chi connectivity index (χ4v) is 2.20. The van der Waals surface area contributed by atoms with Crippen LogP contribution in [0.2, 0.25) is 0 Å². The Labute approximate surface area is 127 Å². The van der Waals surface area contributed by atoms with Gasteiger partial charge in [0.05, 0.1) is 24.5 Å². The average molecular weight is 310 g/mol. The van der Waals surface area contributed by atoms with Crippen molar-refractivity contribution in [2.45, 2.75) is 19.5 Å². The zero-order valence-electron chi connectivity index (χ0n) is 11.3. The highest BCUT2D eigenvalue weighted by Gasteiger charge is 2.20. The molecule has 0 spiro atoms. The third kappa shape index (κ3) is 3.32. The minimum absolute atomic E-state index is 0. The molecule has 2 aromatic rings. The van der Waals surface area contributed by atoms with Gasteiger partial charge >= 0.3 is 0 Å². The summed E-state index contributed by atoms with van der Waals surface area (Å²) < 4.78 is 5.00. The zero-order chi connectivity index (χ0) is 13.9. The number of carbonyl (C=O) groups is 1. The van der Waals surface area contributed by atoms with Gasteiger partial charge in [0.15, 0.2) is 5.82 Å². The number of aromatic nitrogens is 2. The van der Waals surface area contributed by atoms with Crippen LogP contribution in [0.5, 0.6) is 0 Å². The fraction of sp³-hybridized carbons (Fsp3) is 0.308. The second kappa shape index (κ2) is 6.55. The van der Waals surface area contributed by atoms with Crippen LogP contribution in [0, 0.1) is 0 Å². The number of amides is 1. The molecule has 1 aromatic carbocycles. The first-order valence-electron chi connectivity index (χ1n) is 6.41. The van der Waals surface area contributed by atoms with E-state index < -0.39 is 0 Å². The molecule has 1 aliphatic rings. The zero-order valence-corrected chi connectivity index (χ0v) is 12.1. The van der Waals surface area contributed by atoms with Crippen LogP contribution in [0.15, 0.2) is 28.8 Å². The molecule has 2 heterocycles. The van der Waals surface area contributed by atoms with Crippen molar-refractivity contribution >= 4 is 29.7 Å². The van der Waals surface area contributed by atoms with Crippen LogP contribution in [0.4, 0.5) is 11.4 Å². The van der Waals surface area contributed by atoms with Crippen molar-refractivity contribution in [3.63, 3.8) is 0 Å². The van der Waals surface area contributed by atoms with Crippen molar-refractivity contribution < 1.29 is 9.32 Å². The summed E-state index contributed by atoms with van der Waals surface area (Å²) in [5, 5.41) is 6.78. The molecular formula is C13H16ClN5O2. The van der Waals surface area contributed by atoms with Gasteiger partial charge in [-0.25, -0.2) is 0 Å². The molecule has 112 valence electrons. The number of nitrogens with one attached hydrogen (secondary N) is 1. The first kappa shape index (κ1) is 15.3. The number of nitrogens with zero attached hydrogens (tertiary/aromatic N) is 3. The first-order chi connectivity index (χ1) is 9.76. The predicted octanol–water partition coefficient (Wildman–Crippen LogP) is 1.30. The van der Waals surface area contributed by atoms with Gasteiger partial charge in [-0.1, -0.05) is 17.3 Å². The lowest BCUT2D eigenvalue weighted by Crippen LogP contribution is -2.24. The molecule has 21 heavy (non-hydrogen) atoms. The number of rotatable bonds is 3. The minimum atomic E-state index is 0. The average Bonchev–Trinajstić information content (AvgIpc) is 2.85. The van der Waals surface area contributed by atoms with Crippen LogP contribution < -0.4 is 16.0 Å². The summed E-state index contributed by atoms with van der Waals surface area (Å²) in [5.74, 6) is 0.989. The Morgan fingerprint density at radius 3 is 2.95 bits per heavy atom. The maximum absolute atomic E-state index is 11.7. The van der Waals surface area contributed by atoms with Crippen LogP contribution in [0.25, 0.3) is 0 Å². The van der Waals surface area contributed by atoms with E-state index in [1.165, 1.54) is 0 Å². The maximum Gasteiger partial charge on any atom is 0.240 e. The number of hydrogen-bond acceptors (Lipinski definition) is 6. The smallest absolute Gasteiger partial charge is 0.240 e. The summed E-state index contributed by atoms with van der Waals surface area (Å²) in [5.41, 5.74) is 7.21. The van der Waals surface area contributed by atoms with E-state index in [2.05, 4.69) is 20.4 Å². The molecule has 0 unspecified atom stereocenters. The Kier molecular flexibility index (Phi) is 4.77. The molecule has 3 rings (SSSR count). The summed E-state index contributed by atoms with van der Waals surface area (Å²) in [6.07, 6.45) is 0.427. The van der Waals surface area contributed by atoms with Gasteiger partial charge < -0.3 is 20.5 Å². The molecule has 0 saturated heterocycles. The number of benzene rings is 1. The van der Waals surface area contributed by atoms with E-state index in [1.54, 1.807) is 0 Å². The van der Waals surface area contributed by atoms with Crippen LogP contribution >= 0.6 is 12.4 Å². The lowest BCUT2D eigenvalue weighted by Gasteiger charge is -2.22. The largest absolute Gasteiger partial charge is 0.362 e. The molecule has 1 amide bonds. The number of carbonyl (C=O) groups excluding carboxylic acids is 1. The predicted molar refractivity (Wildman–Crippen MR) is 80.2 cm³/mol. The van der Waals surface area contributed by atoms with Gasteiger partial charge in [-0.2, -0.15) is 4.98 Å². The Balaban J connectivity index is 0.00000161. The summed E-state index contributed by atoms with van der Waals surface area (Å²) in [7, 11) is 0. The van der Waals surface area contributed by atoms with Crippen LogP contribution in [0.3, 0.4) is 0 Å². The highest BCUT2D eigenvalue weighted by Crippen LogP contribution is 2.29. The van der Waals surface area contributed by atoms with Crippen molar-refractivity contribution in [3.05, 3.63) is 36.0 Å². The third-order valence-corrected chi connectivity index (χ3v) is 3.14. The quantitative estimate of drug-likeness (QED) is 0.887. The van der Waals surface area contributed by atoms with E-state index in [-0.39, 0.29) is 24.9 Å². The van der Waals surface area contributed by atoms with Crippen LogP contribution in [0.1, 0.15) is 18.1 Å². The molecule has 7 nitrogen and oxygen atoms in total. The first-order valence-corrected chi connectivity index (χ1v) is 6.41. The Morgan fingerprint density at radius 1 is 1.38 bits per heavy atom. The number of nitrogens with two attached hydrogens (primary N) is 1. The van der Waals surface area contributed by atoms with Gasteiger partial charge in [-0.05, 0) is 12.1 Å². The van der Waals surface area contributed by atoms with Crippen LogP contribution in [-0.2, 0) is 17.9 Å². The Morgan fingerprint density at radius 2 is 2.19 bits per heavy atom. The highest BCUT2D eigenvalue weighted by atomic mass is 35.5. The van der Waals surface area contributed by atoms with E-state index in [0.717, 1.165) is 11.4 Å². The highest BCUT2D eigenvalue weighted by molar-refractivity contribution is 5.96. The van der Waals surface area contributed by atoms with Crippen LogP contribution in [-0.4, -0.2) is 22.6 Å². The van der Waals surface area contributed by atoms with Crippen molar-refractivity contribution in [2.24, 2.45) is 5.73 Å². The molecule has 0 fully saturated rings. The third-order valence-electron chi connectivity index (χ3n) is 3.14. The number of para-hydroxylation sites is 2. The van der Waals surface area contributed by atoms with E-state index >= 15 is 0 Å². The van der Waals surface area contributed by atoms with Gasteiger partial charge in [-0.15, -0.1) is 12.4 Å². The van der Waals surface area contributed by atoms with E-state index in [4.69, 9.17) is 10.3 Å². The SMILES string of the molecule is Cl.NCc1nc(CN2CCC(=O)Nc3ccccc32)no1. The van der Waals surface area contributed by atoms with Crippen molar-refractivity contribution in [3.8, 4) is 0 Å². The number of halogens is 1. The molecular weight excluding hydrogens is 294 g/mol. The normalized spacial score (nSPS) is 14.0. The molecule has 0 atom stereocenters. The summed E-state index contributed by atoms with van der Waals surface area (Å²) in [6.45, 7) is 1.31. The molecule has 3 N–H and O–H groups in total. The molecule has 8 heteroatoms.